The highest BCUT2D eigenvalue weighted by Crippen LogP contribution is 2.18. The van der Waals surface area contributed by atoms with E-state index < -0.39 is 0 Å². The van der Waals surface area contributed by atoms with E-state index in [1.807, 2.05) is 0 Å². The van der Waals surface area contributed by atoms with Gasteiger partial charge in [-0.1, -0.05) is 20.3 Å². The number of aliphatic hydroxyl groups excluding tert-OH is 1. The molecule has 3 nitrogen and oxygen atoms in total. The van der Waals surface area contributed by atoms with Crippen LogP contribution >= 0.6 is 0 Å². The molecule has 1 rings (SSSR count). The van der Waals surface area contributed by atoms with Crippen molar-refractivity contribution in [2.24, 2.45) is 5.92 Å². The summed E-state index contributed by atoms with van der Waals surface area (Å²) in [5, 5.41) is 16.7. The van der Waals surface area contributed by atoms with Gasteiger partial charge in [-0.3, -0.25) is 0 Å². The highest BCUT2D eigenvalue weighted by atomic mass is 16.3. The zero-order valence-corrected chi connectivity index (χ0v) is 9.42. The molecule has 0 aromatic heterocycles. The number of rotatable bonds is 5. The summed E-state index contributed by atoms with van der Waals surface area (Å²) >= 11 is 0. The third-order valence-corrected chi connectivity index (χ3v) is 3.20. The van der Waals surface area contributed by atoms with Gasteiger partial charge in [-0.15, -0.1) is 0 Å². The van der Waals surface area contributed by atoms with Crippen molar-refractivity contribution in [3.63, 3.8) is 0 Å². The largest absolute Gasteiger partial charge is 0.393 e. The molecule has 0 spiro atoms. The minimum Gasteiger partial charge on any atom is -0.393 e. The third kappa shape index (κ3) is 3.56. The van der Waals surface area contributed by atoms with Gasteiger partial charge in [0.15, 0.2) is 0 Å². The van der Waals surface area contributed by atoms with Crippen LogP contribution in [0.25, 0.3) is 0 Å². The van der Waals surface area contributed by atoms with Crippen LogP contribution in [-0.2, 0) is 0 Å². The Bertz CT molecular complexity index is 146. The Hall–Kier alpha value is -0.120. The van der Waals surface area contributed by atoms with Crippen LogP contribution in [0, 0.1) is 5.92 Å². The molecule has 1 saturated heterocycles. The fraction of sp³-hybridized carbons (Fsp3) is 1.00. The van der Waals surface area contributed by atoms with Gasteiger partial charge in [-0.25, -0.2) is 0 Å². The van der Waals surface area contributed by atoms with E-state index in [-0.39, 0.29) is 6.10 Å². The number of piperazine rings is 1. The van der Waals surface area contributed by atoms with E-state index in [0.29, 0.717) is 12.0 Å². The summed E-state index contributed by atoms with van der Waals surface area (Å²) in [7, 11) is 0. The van der Waals surface area contributed by atoms with Crippen LogP contribution in [0.15, 0.2) is 0 Å². The summed E-state index contributed by atoms with van der Waals surface area (Å²) in [5.74, 6) is 0.456. The Morgan fingerprint density at radius 2 is 2.07 bits per heavy atom. The predicted molar refractivity (Wildman–Crippen MR) is 59.4 cm³/mol. The molecule has 0 saturated carbocycles. The predicted octanol–water partition coefficient (Wildman–Crippen LogP) is 0.735. The summed E-state index contributed by atoms with van der Waals surface area (Å²) in [6, 6.07) is 0.551. The zero-order valence-electron chi connectivity index (χ0n) is 9.42. The van der Waals surface area contributed by atoms with Crippen LogP contribution in [0.4, 0.5) is 0 Å². The van der Waals surface area contributed by atoms with Crippen LogP contribution in [0.5, 0.6) is 0 Å². The maximum atomic E-state index is 9.80. The van der Waals surface area contributed by atoms with Gasteiger partial charge in [-0.05, 0) is 18.8 Å². The summed E-state index contributed by atoms with van der Waals surface area (Å²) in [6.07, 6.45) is 2.92. The van der Waals surface area contributed by atoms with Crippen LogP contribution in [-0.4, -0.2) is 36.9 Å². The molecule has 0 radical (unpaired) electrons. The van der Waals surface area contributed by atoms with E-state index in [0.717, 1.165) is 38.9 Å². The van der Waals surface area contributed by atoms with Crippen molar-refractivity contribution in [3.8, 4) is 0 Å². The average molecular weight is 200 g/mol. The quantitative estimate of drug-likeness (QED) is 0.613. The smallest absolute Gasteiger partial charge is 0.0566 e. The lowest BCUT2D eigenvalue weighted by Gasteiger charge is -2.29. The topological polar surface area (TPSA) is 44.3 Å². The molecule has 3 heteroatoms. The molecule has 0 aromatic carbocycles. The lowest BCUT2D eigenvalue weighted by atomic mass is 9.90. The summed E-state index contributed by atoms with van der Waals surface area (Å²) < 4.78 is 0. The monoisotopic (exact) mass is 200 g/mol. The van der Waals surface area contributed by atoms with Crippen LogP contribution in [0.1, 0.15) is 33.1 Å². The first-order valence-electron chi connectivity index (χ1n) is 5.90. The molecule has 1 aliphatic heterocycles. The van der Waals surface area contributed by atoms with Crippen molar-refractivity contribution >= 4 is 0 Å². The molecule has 0 amide bonds. The molecule has 1 aliphatic rings. The zero-order chi connectivity index (χ0) is 10.4. The first kappa shape index (κ1) is 12.0. The van der Waals surface area contributed by atoms with Crippen molar-refractivity contribution in [1.29, 1.82) is 0 Å². The molecule has 0 aliphatic carbocycles. The molecule has 14 heavy (non-hydrogen) atoms. The SMILES string of the molecule is CCC(O)C(CC)CC1CNCCN1. The Kier molecular flexibility index (Phi) is 5.45. The fourth-order valence-corrected chi connectivity index (χ4v) is 2.17. The summed E-state index contributed by atoms with van der Waals surface area (Å²) in [6.45, 7) is 7.40. The highest BCUT2D eigenvalue weighted by molar-refractivity contribution is 4.80. The van der Waals surface area contributed by atoms with Gasteiger partial charge in [0, 0.05) is 25.7 Å². The van der Waals surface area contributed by atoms with Crippen molar-refractivity contribution in [1.82, 2.24) is 10.6 Å². The molecule has 3 N–H and O–H groups in total. The lowest BCUT2D eigenvalue weighted by Crippen LogP contribution is -2.49. The molecular weight excluding hydrogens is 176 g/mol. The Labute approximate surface area is 87.3 Å². The fourth-order valence-electron chi connectivity index (χ4n) is 2.17. The second-order valence-electron chi connectivity index (χ2n) is 4.23. The molecule has 1 fully saturated rings. The second kappa shape index (κ2) is 6.38. The van der Waals surface area contributed by atoms with Crippen LogP contribution in [0.3, 0.4) is 0 Å². The van der Waals surface area contributed by atoms with E-state index >= 15 is 0 Å². The van der Waals surface area contributed by atoms with Crippen LogP contribution < -0.4 is 10.6 Å². The van der Waals surface area contributed by atoms with E-state index in [2.05, 4.69) is 24.5 Å². The van der Waals surface area contributed by atoms with Crippen molar-refractivity contribution in [3.05, 3.63) is 0 Å². The Morgan fingerprint density at radius 3 is 2.57 bits per heavy atom. The van der Waals surface area contributed by atoms with Gasteiger partial charge >= 0.3 is 0 Å². The molecule has 0 bridgehead atoms. The van der Waals surface area contributed by atoms with E-state index in [4.69, 9.17) is 0 Å². The minimum absolute atomic E-state index is 0.122. The second-order valence-corrected chi connectivity index (χ2v) is 4.23. The van der Waals surface area contributed by atoms with E-state index in [1.54, 1.807) is 0 Å². The molecule has 84 valence electrons. The number of nitrogens with one attached hydrogen (secondary N) is 2. The Morgan fingerprint density at radius 1 is 1.29 bits per heavy atom. The van der Waals surface area contributed by atoms with E-state index in [1.165, 1.54) is 0 Å². The molecule has 0 aromatic rings. The van der Waals surface area contributed by atoms with Crippen LogP contribution in [0.2, 0.25) is 0 Å². The minimum atomic E-state index is -0.122. The first-order valence-corrected chi connectivity index (χ1v) is 5.90. The summed E-state index contributed by atoms with van der Waals surface area (Å²) in [4.78, 5) is 0. The van der Waals surface area contributed by atoms with Gasteiger partial charge in [0.25, 0.3) is 0 Å². The van der Waals surface area contributed by atoms with Gasteiger partial charge in [0.2, 0.25) is 0 Å². The number of hydrogen-bond acceptors (Lipinski definition) is 3. The Balaban J connectivity index is 2.30. The van der Waals surface area contributed by atoms with Gasteiger partial charge in [0.05, 0.1) is 6.10 Å². The maximum absolute atomic E-state index is 9.80. The van der Waals surface area contributed by atoms with Crippen molar-refractivity contribution in [2.75, 3.05) is 19.6 Å². The van der Waals surface area contributed by atoms with Crippen molar-refractivity contribution in [2.45, 2.75) is 45.3 Å². The highest BCUT2D eigenvalue weighted by Gasteiger charge is 2.21. The number of hydrogen-bond donors (Lipinski definition) is 3. The molecule has 1 heterocycles. The molecular formula is C11H24N2O. The van der Waals surface area contributed by atoms with Gasteiger partial charge in [-0.2, -0.15) is 0 Å². The first-order chi connectivity index (χ1) is 6.77. The summed E-state index contributed by atoms with van der Waals surface area (Å²) in [5.41, 5.74) is 0. The average Bonchev–Trinajstić information content (AvgIpc) is 2.26. The molecule has 3 atom stereocenters. The van der Waals surface area contributed by atoms with Gasteiger partial charge in [0.1, 0.15) is 0 Å². The van der Waals surface area contributed by atoms with Crippen molar-refractivity contribution < 1.29 is 5.11 Å². The van der Waals surface area contributed by atoms with E-state index in [9.17, 15) is 5.11 Å². The third-order valence-electron chi connectivity index (χ3n) is 3.20. The standard InChI is InChI=1S/C11H24N2O/c1-3-9(11(14)4-2)7-10-8-12-5-6-13-10/h9-14H,3-8H2,1-2H3. The molecule has 3 unspecified atom stereocenters. The maximum Gasteiger partial charge on any atom is 0.0566 e. The number of aliphatic hydroxyl groups is 1. The van der Waals surface area contributed by atoms with Gasteiger partial charge < -0.3 is 15.7 Å². The normalized spacial score (nSPS) is 27.2. The lowest BCUT2D eigenvalue weighted by molar-refractivity contribution is 0.0882.